The summed E-state index contributed by atoms with van der Waals surface area (Å²) in [6.07, 6.45) is -0.0868. The van der Waals surface area contributed by atoms with Crippen molar-refractivity contribution in [2.45, 2.75) is 6.42 Å². The van der Waals surface area contributed by atoms with E-state index in [1.54, 1.807) is 0 Å². The van der Waals surface area contributed by atoms with E-state index in [1.807, 2.05) is 0 Å². The molecule has 0 radical (unpaired) electrons. The molecule has 0 amide bonds. The fourth-order valence-electron chi connectivity index (χ4n) is 0.607. The van der Waals surface area contributed by atoms with Crippen molar-refractivity contribution < 1.29 is 20.7 Å². The van der Waals surface area contributed by atoms with Gasteiger partial charge in [-0.1, -0.05) is 0 Å². The third kappa shape index (κ3) is 7.00. The van der Waals surface area contributed by atoms with Gasteiger partial charge < -0.3 is 4.52 Å². The summed E-state index contributed by atoms with van der Waals surface area (Å²) in [5, 5.41) is 0. The van der Waals surface area contributed by atoms with E-state index in [1.165, 1.54) is 13.8 Å². The lowest BCUT2D eigenvalue weighted by molar-refractivity contribution is 0.398. The van der Waals surface area contributed by atoms with Crippen LogP contribution < -0.4 is 0 Å². The summed E-state index contributed by atoms with van der Waals surface area (Å²) in [6, 6.07) is 0. The smallest absolute Gasteiger partial charge is 0.209 e. The average molecular weight is 224 g/mol. The standard InChI is InChI=1S/C5H12F3O2PS/c1-10-11(2,9)4-3-5-12(6,7)8/h3-5H2,1-2H3. The van der Waals surface area contributed by atoms with E-state index in [0.29, 0.717) is 0 Å². The summed E-state index contributed by atoms with van der Waals surface area (Å²) >= 11 is -4.93. The first-order valence-electron chi connectivity index (χ1n) is 3.29. The highest BCUT2D eigenvalue weighted by Crippen LogP contribution is 2.54. The van der Waals surface area contributed by atoms with Gasteiger partial charge in [0.15, 0.2) is 7.37 Å². The third-order valence-corrected chi connectivity index (χ3v) is 3.98. The highest BCUT2D eigenvalue weighted by atomic mass is 32.3. The number of rotatable bonds is 5. The molecule has 0 aromatic carbocycles. The van der Waals surface area contributed by atoms with Gasteiger partial charge in [0.25, 0.3) is 0 Å². The molecule has 0 saturated heterocycles. The minimum atomic E-state index is -4.93. The largest absolute Gasteiger partial charge is 0.332 e. The zero-order valence-corrected chi connectivity index (χ0v) is 8.64. The molecule has 0 rings (SSSR count). The first-order valence-corrected chi connectivity index (χ1v) is 7.05. The Kier molecular flexibility index (Phi) is 4.66. The first kappa shape index (κ1) is 12.3. The average Bonchev–Trinajstić information content (AvgIpc) is 1.84. The van der Waals surface area contributed by atoms with Gasteiger partial charge in [0, 0.05) is 19.9 Å². The third-order valence-electron chi connectivity index (χ3n) is 1.33. The normalized spacial score (nSPS) is 18.8. The Hall–Kier alpha value is 0.330. The van der Waals surface area contributed by atoms with Crippen LogP contribution in [0.4, 0.5) is 11.7 Å². The van der Waals surface area contributed by atoms with Crippen LogP contribution in [0.15, 0.2) is 0 Å². The Morgan fingerprint density at radius 3 is 2.25 bits per heavy atom. The molecule has 1 unspecified atom stereocenters. The number of hydrogen-bond donors (Lipinski definition) is 0. The first-order chi connectivity index (χ1) is 5.27. The maximum atomic E-state index is 11.7. The molecule has 1 atom stereocenters. The van der Waals surface area contributed by atoms with Crippen molar-refractivity contribution >= 4 is 18.6 Å². The van der Waals surface area contributed by atoms with Gasteiger partial charge in [-0.25, -0.2) is 0 Å². The quantitative estimate of drug-likeness (QED) is 0.669. The number of halogens is 3. The molecule has 7 heteroatoms. The van der Waals surface area contributed by atoms with Crippen molar-refractivity contribution in [1.29, 1.82) is 0 Å². The van der Waals surface area contributed by atoms with Gasteiger partial charge in [0.05, 0.1) is 5.75 Å². The van der Waals surface area contributed by atoms with Crippen molar-refractivity contribution in [3.05, 3.63) is 0 Å². The van der Waals surface area contributed by atoms with E-state index in [2.05, 4.69) is 4.52 Å². The molecule has 0 aromatic rings. The zero-order chi connectivity index (χ0) is 9.83. The van der Waals surface area contributed by atoms with Crippen LogP contribution in [0.25, 0.3) is 0 Å². The van der Waals surface area contributed by atoms with Crippen molar-refractivity contribution in [2.75, 3.05) is 25.7 Å². The van der Waals surface area contributed by atoms with Crippen LogP contribution in [-0.4, -0.2) is 25.7 Å². The van der Waals surface area contributed by atoms with E-state index >= 15 is 0 Å². The van der Waals surface area contributed by atoms with E-state index in [-0.39, 0.29) is 12.6 Å². The monoisotopic (exact) mass is 224 g/mol. The molecule has 76 valence electrons. The molecule has 0 aliphatic heterocycles. The van der Waals surface area contributed by atoms with Gasteiger partial charge >= 0.3 is 0 Å². The maximum absolute atomic E-state index is 11.7. The topological polar surface area (TPSA) is 26.3 Å². The van der Waals surface area contributed by atoms with E-state index < -0.39 is 24.3 Å². The lowest BCUT2D eigenvalue weighted by Gasteiger charge is -2.12. The molecular formula is C5H12F3O2PS. The predicted octanol–water partition coefficient (Wildman–Crippen LogP) is 3.39. The van der Waals surface area contributed by atoms with Crippen LogP contribution in [0.3, 0.4) is 0 Å². The second kappa shape index (κ2) is 4.53. The zero-order valence-electron chi connectivity index (χ0n) is 6.93. The van der Waals surface area contributed by atoms with Crippen molar-refractivity contribution in [1.82, 2.24) is 0 Å². The van der Waals surface area contributed by atoms with Gasteiger partial charge in [-0.05, 0) is 6.42 Å². The second-order valence-electron chi connectivity index (χ2n) is 2.48. The molecule has 0 aliphatic rings. The van der Waals surface area contributed by atoms with Crippen LogP contribution in [0, 0.1) is 0 Å². The van der Waals surface area contributed by atoms with E-state index in [0.717, 1.165) is 0 Å². The summed E-state index contributed by atoms with van der Waals surface area (Å²) in [6.45, 7) is 1.35. The molecule has 0 heterocycles. The summed E-state index contributed by atoms with van der Waals surface area (Å²) < 4.78 is 50.7. The molecule has 2 nitrogen and oxygen atoms in total. The fraction of sp³-hybridized carbons (Fsp3) is 1.00. The SMILES string of the molecule is COP(C)(=O)CCCS(F)(F)F. The van der Waals surface area contributed by atoms with Crippen LogP contribution in [0.1, 0.15) is 6.42 Å². The Balaban J connectivity index is 3.65. The summed E-state index contributed by atoms with van der Waals surface area (Å²) in [5.74, 6) is -0.811. The molecule has 0 aliphatic carbocycles. The van der Waals surface area contributed by atoms with Crippen molar-refractivity contribution in [2.24, 2.45) is 0 Å². The summed E-state index contributed by atoms with van der Waals surface area (Å²) in [4.78, 5) is 0. The lowest BCUT2D eigenvalue weighted by Crippen LogP contribution is -1.95. The lowest BCUT2D eigenvalue weighted by atomic mass is 10.6. The number of hydrogen-bond acceptors (Lipinski definition) is 2. The van der Waals surface area contributed by atoms with Gasteiger partial charge in [-0.3, -0.25) is 4.57 Å². The Labute approximate surface area is 72.1 Å². The molecule has 0 bridgehead atoms. The van der Waals surface area contributed by atoms with Gasteiger partial charge in [-0.15, -0.1) is 11.7 Å². The Morgan fingerprint density at radius 1 is 1.42 bits per heavy atom. The molecular weight excluding hydrogens is 212 g/mol. The second-order valence-corrected chi connectivity index (χ2v) is 6.73. The van der Waals surface area contributed by atoms with Crippen molar-refractivity contribution in [3.8, 4) is 0 Å². The highest BCUT2D eigenvalue weighted by Gasteiger charge is 2.22. The maximum Gasteiger partial charge on any atom is 0.209 e. The van der Waals surface area contributed by atoms with Crippen LogP contribution >= 0.6 is 18.6 Å². The van der Waals surface area contributed by atoms with Crippen LogP contribution in [0.2, 0.25) is 0 Å². The molecule has 0 spiro atoms. The van der Waals surface area contributed by atoms with Gasteiger partial charge in [0.1, 0.15) is 0 Å². The predicted molar refractivity (Wildman–Crippen MR) is 45.8 cm³/mol. The summed E-state index contributed by atoms with van der Waals surface area (Å²) in [5.41, 5.74) is 0. The fourth-order valence-corrected chi connectivity index (χ4v) is 2.21. The molecule has 0 fully saturated rings. The molecule has 12 heavy (non-hydrogen) atoms. The van der Waals surface area contributed by atoms with E-state index in [4.69, 9.17) is 0 Å². The van der Waals surface area contributed by atoms with Gasteiger partial charge in [-0.2, -0.15) is 0 Å². The summed E-state index contributed by atoms with van der Waals surface area (Å²) in [7, 11) is -1.49. The highest BCUT2D eigenvalue weighted by molar-refractivity contribution is 8.20. The minimum absolute atomic E-state index is 0.00993. The van der Waals surface area contributed by atoms with E-state index in [9.17, 15) is 16.2 Å². The Bertz CT molecular complexity index is 182. The molecule has 0 saturated carbocycles. The minimum Gasteiger partial charge on any atom is -0.332 e. The van der Waals surface area contributed by atoms with Gasteiger partial charge in [0.2, 0.25) is 11.2 Å². The Morgan fingerprint density at radius 2 is 1.92 bits per heavy atom. The molecule has 0 aromatic heterocycles. The van der Waals surface area contributed by atoms with Crippen LogP contribution in [0.5, 0.6) is 0 Å². The van der Waals surface area contributed by atoms with Crippen LogP contribution in [-0.2, 0) is 9.09 Å². The van der Waals surface area contributed by atoms with Crippen molar-refractivity contribution in [3.63, 3.8) is 0 Å². The molecule has 0 N–H and O–H groups in total.